The molecule has 0 fully saturated rings. The van der Waals surface area contributed by atoms with Crippen molar-refractivity contribution in [3.05, 3.63) is 70.3 Å². The molecular weight excluding hydrogens is 216 g/mol. The summed E-state index contributed by atoms with van der Waals surface area (Å²) in [5, 5.41) is 0. The zero-order chi connectivity index (χ0) is 12.2. The summed E-state index contributed by atoms with van der Waals surface area (Å²) in [4.78, 5) is 0. The van der Waals surface area contributed by atoms with Crippen LogP contribution in [0.25, 0.3) is 0 Å². The number of hydrogen-bond donors (Lipinski definition) is 0. The summed E-state index contributed by atoms with van der Waals surface area (Å²) in [6, 6.07) is 16.0. The van der Waals surface area contributed by atoms with Crippen molar-refractivity contribution < 1.29 is 0 Å². The second-order valence-electron chi connectivity index (χ2n) is 6.25. The fourth-order valence-electron chi connectivity index (χ4n) is 3.99. The second-order valence-corrected chi connectivity index (χ2v) is 6.25. The maximum atomic E-state index is 2.40. The monoisotopic (exact) mass is 234 g/mol. The number of benzene rings is 2. The van der Waals surface area contributed by atoms with Crippen LogP contribution in [0.5, 0.6) is 0 Å². The molecule has 0 amide bonds. The molecule has 0 atom stereocenters. The van der Waals surface area contributed by atoms with E-state index in [1.807, 2.05) is 0 Å². The molecule has 0 saturated carbocycles. The highest BCUT2D eigenvalue weighted by Crippen LogP contribution is 2.47. The van der Waals surface area contributed by atoms with Gasteiger partial charge in [0.1, 0.15) is 0 Å². The first-order chi connectivity index (χ1) is 8.74. The molecule has 0 saturated heterocycles. The van der Waals surface area contributed by atoms with Gasteiger partial charge in [-0.25, -0.2) is 0 Å². The van der Waals surface area contributed by atoms with Crippen LogP contribution in [0.15, 0.2) is 42.5 Å². The third kappa shape index (κ3) is 1.45. The zero-order valence-corrected chi connectivity index (χ0v) is 10.9. The van der Waals surface area contributed by atoms with Gasteiger partial charge in [-0.2, -0.15) is 0 Å². The Labute approximate surface area is 109 Å². The Kier molecular flexibility index (Phi) is 2.00. The largest absolute Gasteiger partial charge is 0.0620 e. The Morgan fingerprint density at radius 1 is 0.722 bits per heavy atom. The first-order valence-corrected chi connectivity index (χ1v) is 6.89. The Balaban J connectivity index is 1.71. The van der Waals surface area contributed by atoms with Crippen molar-refractivity contribution in [1.29, 1.82) is 0 Å². The molecule has 1 spiro atoms. The number of fused-ring (bicyclic) bond motifs is 2. The molecule has 0 nitrogen and oxygen atoms in total. The van der Waals surface area contributed by atoms with Crippen LogP contribution in [0.2, 0.25) is 0 Å². The molecule has 4 rings (SSSR count). The van der Waals surface area contributed by atoms with Gasteiger partial charge in [-0.15, -0.1) is 0 Å². The molecule has 0 radical (unpaired) electrons. The normalized spacial score (nSPS) is 18.9. The van der Waals surface area contributed by atoms with Crippen LogP contribution in [-0.4, -0.2) is 0 Å². The third-order valence-electron chi connectivity index (χ3n) is 4.74. The summed E-state index contributed by atoms with van der Waals surface area (Å²) in [5.74, 6) is 0. The van der Waals surface area contributed by atoms with Gasteiger partial charge in [0.05, 0.1) is 0 Å². The highest BCUT2D eigenvalue weighted by atomic mass is 14.4. The van der Waals surface area contributed by atoms with Crippen LogP contribution in [0.3, 0.4) is 0 Å². The molecule has 0 heteroatoms. The van der Waals surface area contributed by atoms with Gasteiger partial charge in [0.25, 0.3) is 0 Å². The van der Waals surface area contributed by atoms with Crippen molar-refractivity contribution >= 4 is 0 Å². The molecule has 0 bridgehead atoms. The smallest absolute Gasteiger partial charge is 0.0136 e. The molecule has 2 aliphatic carbocycles. The standard InChI is InChI=1S/C18H18/c1-13-6-7-16-11-18(12-17(16)8-13)9-14-4-2-3-5-15(14)10-18/h2-8H,9-12H2,1H3. The van der Waals surface area contributed by atoms with Crippen molar-refractivity contribution in [3.8, 4) is 0 Å². The van der Waals surface area contributed by atoms with Crippen molar-refractivity contribution in [2.24, 2.45) is 5.41 Å². The molecule has 0 unspecified atom stereocenters. The van der Waals surface area contributed by atoms with Gasteiger partial charge in [-0.1, -0.05) is 48.0 Å². The van der Waals surface area contributed by atoms with E-state index in [2.05, 4.69) is 49.4 Å². The molecule has 0 N–H and O–H groups in total. The molecule has 2 aromatic carbocycles. The van der Waals surface area contributed by atoms with Gasteiger partial charge >= 0.3 is 0 Å². The van der Waals surface area contributed by atoms with Crippen LogP contribution < -0.4 is 0 Å². The average molecular weight is 234 g/mol. The Morgan fingerprint density at radius 2 is 1.28 bits per heavy atom. The van der Waals surface area contributed by atoms with E-state index in [-0.39, 0.29) is 0 Å². The first kappa shape index (κ1) is 10.4. The average Bonchev–Trinajstić information content (AvgIpc) is 2.87. The second kappa shape index (κ2) is 3.47. The van der Waals surface area contributed by atoms with Crippen molar-refractivity contribution in [3.63, 3.8) is 0 Å². The van der Waals surface area contributed by atoms with Crippen molar-refractivity contribution in [1.82, 2.24) is 0 Å². The Bertz CT molecular complexity index is 597. The number of hydrogen-bond acceptors (Lipinski definition) is 0. The van der Waals surface area contributed by atoms with Gasteiger partial charge < -0.3 is 0 Å². The van der Waals surface area contributed by atoms with Crippen LogP contribution in [0.1, 0.15) is 27.8 Å². The molecule has 2 aliphatic rings. The van der Waals surface area contributed by atoms with Crippen molar-refractivity contribution in [2.75, 3.05) is 0 Å². The molecule has 0 aromatic heterocycles. The molecule has 0 aliphatic heterocycles. The van der Waals surface area contributed by atoms with Gasteiger partial charge in [-0.3, -0.25) is 0 Å². The topological polar surface area (TPSA) is 0 Å². The van der Waals surface area contributed by atoms with E-state index in [0.29, 0.717) is 5.41 Å². The van der Waals surface area contributed by atoms with Crippen molar-refractivity contribution in [2.45, 2.75) is 32.6 Å². The van der Waals surface area contributed by atoms with E-state index in [9.17, 15) is 0 Å². The quantitative estimate of drug-likeness (QED) is 0.649. The summed E-state index contributed by atoms with van der Waals surface area (Å²) in [6.07, 6.45) is 5.10. The summed E-state index contributed by atoms with van der Waals surface area (Å²) in [7, 11) is 0. The first-order valence-electron chi connectivity index (χ1n) is 6.89. The van der Waals surface area contributed by atoms with Gasteiger partial charge in [0.15, 0.2) is 0 Å². The lowest BCUT2D eigenvalue weighted by Crippen LogP contribution is -2.21. The Hall–Kier alpha value is -1.56. The molecule has 18 heavy (non-hydrogen) atoms. The fourth-order valence-corrected chi connectivity index (χ4v) is 3.99. The summed E-state index contributed by atoms with van der Waals surface area (Å²) in [6.45, 7) is 2.20. The SMILES string of the molecule is Cc1ccc2c(c1)CC1(Cc3ccccc3C1)C2. The van der Waals surface area contributed by atoms with Crippen LogP contribution >= 0.6 is 0 Å². The van der Waals surface area contributed by atoms with E-state index in [4.69, 9.17) is 0 Å². The van der Waals surface area contributed by atoms with Gasteiger partial charge in [0, 0.05) is 0 Å². The van der Waals surface area contributed by atoms with E-state index in [1.165, 1.54) is 31.2 Å². The lowest BCUT2D eigenvalue weighted by atomic mass is 9.82. The van der Waals surface area contributed by atoms with E-state index in [1.54, 1.807) is 22.3 Å². The maximum Gasteiger partial charge on any atom is -0.0136 e. The van der Waals surface area contributed by atoms with Gasteiger partial charge in [0.2, 0.25) is 0 Å². The summed E-state index contributed by atoms with van der Waals surface area (Å²) >= 11 is 0. The van der Waals surface area contributed by atoms with Crippen LogP contribution in [0, 0.1) is 12.3 Å². The predicted molar refractivity (Wildman–Crippen MR) is 74.9 cm³/mol. The predicted octanol–water partition coefficient (Wildman–Crippen LogP) is 3.88. The van der Waals surface area contributed by atoms with E-state index in [0.717, 1.165) is 0 Å². The minimum absolute atomic E-state index is 0.500. The highest BCUT2D eigenvalue weighted by molar-refractivity contribution is 5.43. The van der Waals surface area contributed by atoms with E-state index < -0.39 is 0 Å². The van der Waals surface area contributed by atoms with E-state index >= 15 is 0 Å². The lowest BCUT2D eigenvalue weighted by molar-refractivity contribution is 0.326. The number of aryl methyl sites for hydroxylation is 1. The lowest BCUT2D eigenvalue weighted by Gasteiger charge is -2.21. The minimum Gasteiger partial charge on any atom is -0.0620 e. The molecule has 0 heterocycles. The van der Waals surface area contributed by atoms with Crippen LogP contribution in [-0.2, 0) is 25.7 Å². The van der Waals surface area contributed by atoms with Gasteiger partial charge in [-0.05, 0) is 60.3 Å². The van der Waals surface area contributed by atoms with Crippen LogP contribution in [0.4, 0.5) is 0 Å². The third-order valence-corrected chi connectivity index (χ3v) is 4.74. The fraction of sp³-hybridized carbons (Fsp3) is 0.333. The maximum absolute atomic E-state index is 2.40. The Morgan fingerprint density at radius 3 is 1.94 bits per heavy atom. The molecular formula is C18H18. The molecule has 2 aromatic rings. The summed E-state index contributed by atoms with van der Waals surface area (Å²) in [5.41, 5.74) is 8.27. The zero-order valence-electron chi connectivity index (χ0n) is 10.9. The number of rotatable bonds is 0. The molecule has 90 valence electrons. The highest BCUT2D eigenvalue weighted by Gasteiger charge is 2.41. The summed E-state index contributed by atoms with van der Waals surface area (Å²) < 4.78 is 0. The minimum atomic E-state index is 0.500.